The van der Waals surface area contributed by atoms with Crippen LogP contribution in [0.5, 0.6) is 0 Å². The lowest BCUT2D eigenvalue weighted by atomic mass is 9.78. The first-order valence-corrected chi connectivity index (χ1v) is 8.04. The number of rotatable bonds is 5. The molecule has 0 atom stereocenters. The van der Waals surface area contributed by atoms with E-state index in [0.717, 1.165) is 60.9 Å². The fourth-order valence-corrected chi connectivity index (χ4v) is 3.19. The molecule has 0 aromatic carbocycles. The number of nitrogens with zero attached hydrogens (tertiary/aromatic N) is 2. The Morgan fingerprint density at radius 1 is 1.29 bits per heavy atom. The van der Waals surface area contributed by atoms with E-state index in [9.17, 15) is 0 Å². The molecule has 1 aliphatic rings. The molecule has 5 heteroatoms. The predicted octanol–water partition coefficient (Wildman–Crippen LogP) is 3.07. The van der Waals surface area contributed by atoms with Gasteiger partial charge in [-0.1, -0.05) is 13.8 Å². The van der Waals surface area contributed by atoms with Gasteiger partial charge < -0.3 is 10.2 Å². The van der Waals surface area contributed by atoms with Gasteiger partial charge in [-0.2, -0.15) is 0 Å². The monoisotopic (exact) mass is 292 g/mol. The lowest BCUT2D eigenvalue weighted by Crippen LogP contribution is -2.37. The van der Waals surface area contributed by atoms with Crippen molar-refractivity contribution in [2.24, 2.45) is 11.8 Å². The highest BCUT2D eigenvalue weighted by Gasteiger charge is 2.39. The van der Waals surface area contributed by atoms with Gasteiger partial charge in [-0.15, -0.1) is 0 Å². The zero-order valence-electron chi connectivity index (χ0n) is 13.7. The first-order chi connectivity index (χ1) is 10.1. The SMILES string of the molecule is CCOC1(c2nc(CC)c(C)c(NN)n2)CCC(C)CC1. The van der Waals surface area contributed by atoms with Crippen molar-refractivity contribution in [3.05, 3.63) is 17.1 Å². The van der Waals surface area contributed by atoms with Crippen LogP contribution in [0, 0.1) is 12.8 Å². The van der Waals surface area contributed by atoms with E-state index in [1.54, 1.807) is 0 Å². The number of anilines is 1. The third kappa shape index (κ3) is 3.19. The van der Waals surface area contributed by atoms with E-state index in [4.69, 9.17) is 15.6 Å². The third-order valence-electron chi connectivity index (χ3n) is 4.63. The molecule has 0 unspecified atom stereocenters. The molecule has 1 aromatic rings. The van der Waals surface area contributed by atoms with Gasteiger partial charge in [0.25, 0.3) is 0 Å². The van der Waals surface area contributed by atoms with Gasteiger partial charge in [0.1, 0.15) is 11.4 Å². The lowest BCUT2D eigenvalue weighted by Gasteiger charge is -2.38. The van der Waals surface area contributed by atoms with Crippen molar-refractivity contribution < 1.29 is 4.74 Å². The van der Waals surface area contributed by atoms with Crippen LogP contribution >= 0.6 is 0 Å². The molecule has 1 fully saturated rings. The van der Waals surface area contributed by atoms with Crippen LogP contribution < -0.4 is 11.3 Å². The molecule has 0 spiro atoms. The summed E-state index contributed by atoms with van der Waals surface area (Å²) in [7, 11) is 0. The highest BCUT2D eigenvalue weighted by molar-refractivity contribution is 5.45. The van der Waals surface area contributed by atoms with Crippen molar-refractivity contribution in [3.8, 4) is 0 Å². The van der Waals surface area contributed by atoms with E-state index in [-0.39, 0.29) is 5.60 Å². The summed E-state index contributed by atoms with van der Waals surface area (Å²) in [6, 6.07) is 0. The molecular formula is C16H28N4O. The van der Waals surface area contributed by atoms with Crippen LogP contribution in [0.2, 0.25) is 0 Å². The van der Waals surface area contributed by atoms with Crippen molar-refractivity contribution in [1.82, 2.24) is 9.97 Å². The summed E-state index contributed by atoms with van der Waals surface area (Å²) >= 11 is 0. The number of ether oxygens (including phenoxy) is 1. The minimum absolute atomic E-state index is 0.343. The fraction of sp³-hybridized carbons (Fsp3) is 0.750. The molecule has 1 aromatic heterocycles. The van der Waals surface area contributed by atoms with Crippen LogP contribution in [0.15, 0.2) is 0 Å². The van der Waals surface area contributed by atoms with Crippen LogP contribution in [-0.4, -0.2) is 16.6 Å². The van der Waals surface area contributed by atoms with Crippen LogP contribution in [0.3, 0.4) is 0 Å². The molecule has 21 heavy (non-hydrogen) atoms. The standard InChI is InChI=1S/C16H28N4O/c1-5-13-12(4)14(20-17)19-15(18-13)16(21-6-2)9-7-11(3)8-10-16/h11H,5-10,17H2,1-4H3,(H,18,19,20). The molecule has 3 N–H and O–H groups in total. The minimum atomic E-state index is -0.343. The maximum absolute atomic E-state index is 6.15. The second-order valence-electron chi connectivity index (χ2n) is 6.08. The molecule has 2 rings (SSSR count). The van der Waals surface area contributed by atoms with Gasteiger partial charge in [0.15, 0.2) is 5.82 Å². The van der Waals surface area contributed by atoms with Crippen LogP contribution in [-0.2, 0) is 16.8 Å². The molecule has 0 radical (unpaired) electrons. The van der Waals surface area contributed by atoms with Crippen LogP contribution in [0.25, 0.3) is 0 Å². The van der Waals surface area contributed by atoms with Crippen molar-refractivity contribution in [2.75, 3.05) is 12.0 Å². The van der Waals surface area contributed by atoms with Crippen molar-refractivity contribution in [2.45, 2.75) is 65.4 Å². The number of aromatic nitrogens is 2. The Balaban J connectivity index is 2.45. The van der Waals surface area contributed by atoms with Gasteiger partial charge in [-0.3, -0.25) is 0 Å². The molecule has 1 aliphatic carbocycles. The lowest BCUT2D eigenvalue weighted by molar-refractivity contribution is -0.0837. The third-order valence-corrected chi connectivity index (χ3v) is 4.63. The van der Waals surface area contributed by atoms with Gasteiger partial charge in [0, 0.05) is 17.9 Å². The number of nitrogens with one attached hydrogen (secondary N) is 1. The van der Waals surface area contributed by atoms with Gasteiger partial charge in [-0.25, -0.2) is 15.8 Å². The maximum Gasteiger partial charge on any atom is 0.162 e. The molecule has 118 valence electrons. The smallest absolute Gasteiger partial charge is 0.162 e. The molecule has 1 heterocycles. The summed E-state index contributed by atoms with van der Waals surface area (Å²) in [6.07, 6.45) is 5.15. The number of hydrazine groups is 1. The maximum atomic E-state index is 6.15. The predicted molar refractivity (Wildman–Crippen MR) is 84.9 cm³/mol. The van der Waals surface area contributed by atoms with E-state index < -0.39 is 0 Å². The average Bonchev–Trinajstić information content (AvgIpc) is 2.50. The molecule has 5 nitrogen and oxygen atoms in total. The number of nitrogens with two attached hydrogens (primary N) is 1. The highest BCUT2D eigenvalue weighted by Crippen LogP contribution is 2.41. The normalized spacial score (nSPS) is 25.9. The van der Waals surface area contributed by atoms with Crippen LogP contribution in [0.4, 0.5) is 5.82 Å². The number of hydrogen-bond donors (Lipinski definition) is 2. The Bertz CT molecular complexity index is 456. The van der Waals surface area contributed by atoms with Gasteiger partial charge in [0.05, 0.1) is 0 Å². The Hall–Kier alpha value is -1.20. The number of hydrogen-bond acceptors (Lipinski definition) is 5. The molecule has 0 bridgehead atoms. The van der Waals surface area contributed by atoms with Crippen molar-refractivity contribution >= 4 is 5.82 Å². The second-order valence-corrected chi connectivity index (χ2v) is 6.08. The quantitative estimate of drug-likeness (QED) is 0.644. The number of nitrogen functional groups attached to an aromatic ring is 1. The Kier molecular flexibility index (Phi) is 5.17. The van der Waals surface area contributed by atoms with E-state index in [1.165, 1.54) is 0 Å². The Morgan fingerprint density at radius 2 is 1.95 bits per heavy atom. The number of aryl methyl sites for hydroxylation is 1. The zero-order chi connectivity index (χ0) is 15.5. The van der Waals surface area contributed by atoms with Crippen molar-refractivity contribution in [1.29, 1.82) is 0 Å². The van der Waals surface area contributed by atoms with E-state index in [0.29, 0.717) is 6.61 Å². The van der Waals surface area contributed by atoms with E-state index in [1.807, 2.05) is 13.8 Å². The van der Waals surface area contributed by atoms with Gasteiger partial charge >= 0.3 is 0 Å². The van der Waals surface area contributed by atoms with Crippen LogP contribution in [0.1, 0.15) is 63.5 Å². The Labute approximate surface area is 127 Å². The molecular weight excluding hydrogens is 264 g/mol. The summed E-state index contributed by atoms with van der Waals surface area (Å²) in [4.78, 5) is 9.47. The van der Waals surface area contributed by atoms with E-state index >= 15 is 0 Å². The summed E-state index contributed by atoms with van der Waals surface area (Å²) in [6.45, 7) is 9.13. The van der Waals surface area contributed by atoms with Crippen molar-refractivity contribution in [3.63, 3.8) is 0 Å². The summed E-state index contributed by atoms with van der Waals surface area (Å²) in [5, 5.41) is 0. The summed E-state index contributed by atoms with van der Waals surface area (Å²) < 4.78 is 6.15. The largest absolute Gasteiger partial charge is 0.367 e. The first kappa shape index (κ1) is 16.2. The van der Waals surface area contributed by atoms with E-state index in [2.05, 4.69) is 24.3 Å². The van der Waals surface area contributed by atoms with Gasteiger partial charge in [-0.05, 0) is 51.9 Å². The zero-order valence-corrected chi connectivity index (χ0v) is 13.7. The minimum Gasteiger partial charge on any atom is -0.367 e. The molecule has 0 saturated heterocycles. The first-order valence-electron chi connectivity index (χ1n) is 8.04. The molecule has 1 saturated carbocycles. The Morgan fingerprint density at radius 3 is 2.48 bits per heavy atom. The fourth-order valence-electron chi connectivity index (χ4n) is 3.19. The molecule has 0 amide bonds. The second kappa shape index (κ2) is 6.71. The van der Waals surface area contributed by atoms with Gasteiger partial charge in [0.2, 0.25) is 0 Å². The highest BCUT2D eigenvalue weighted by atomic mass is 16.5. The summed E-state index contributed by atoms with van der Waals surface area (Å²) in [5.74, 6) is 7.90. The molecule has 0 aliphatic heterocycles. The topological polar surface area (TPSA) is 73.1 Å². The summed E-state index contributed by atoms with van der Waals surface area (Å²) in [5.41, 5.74) is 4.44. The average molecular weight is 292 g/mol.